The highest BCUT2D eigenvalue weighted by Gasteiger charge is 2.25. The van der Waals surface area contributed by atoms with Crippen LogP contribution in [0.5, 0.6) is 0 Å². The van der Waals surface area contributed by atoms with Crippen LogP contribution in [0.2, 0.25) is 0 Å². The zero-order valence-electron chi connectivity index (χ0n) is 17.1. The number of anilines is 2. The smallest absolute Gasteiger partial charge is 0.357 e. The number of carbonyl (C=O) groups excluding carboxylic acids is 1. The van der Waals surface area contributed by atoms with Gasteiger partial charge in [0, 0.05) is 27.9 Å². The Bertz CT molecular complexity index is 1340. The molecule has 0 atom stereocenters. The van der Waals surface area contributed by atoms with Crippen LogP contribution in [0.1, 0.15) is 28.5 Å². The lowest BCUT2D eigenvalue weighted by Crippen LogP contribution is -2.15. The van der Waals surface area contributed by atoms with Crippen molar-refractivity contribution in [2.75, 3.05) is 11.9 Å². The molecule has 0 aliphatic rings. The lowest BCUT2D eigenvalue weighted by atomic mass is 10.1. The third kappa shape index (κ3) is 4.29. The van der Waals surface area contributed by atoms with Crippen LogP contribution in [0.25, 0.3) is 10.9 Å². The van der Waals surface area contributed by atoms with Crippen LogP contribution < -0.4 is 5.32 Å². The van der Waals surface area contributed by atoms with E-state index in [0.717, 1.165) is 14.7 Å². The van der Waals surface area contributed by atoms with Gasteiger partial charge in [0.2, 0.25) is 0 Å². The van der Waals surface area contributed by atoms with Crippen molar-refractivity contribution in [1.82, 2.24) is 9.55 Å². The first-order valence-electron chi connectivity index (χ1n) is 9.86. The number of nitriles is 1. The van der Waals surface area contributed by atoms with Crippen molar-refractivity contribution in [2.24, 2.45) is 0 Å². The van der Waals surface area contributed by atoms with Gasteiger partial charge < -0.3 is 14.6 Å². The van der Waals surface area contributed by atoms with Crippen LogP contribution in [0, 0.1) is 20.7 Å². The van der Waals surface area contributed by atoms with E-state index < -0.39 is 11.8 Å². The number of hydrogen-bond donors (Lipinski definition) is 1. The minimum absolute atomic E-state index is 0.201. The Balaban J connectivity index is 1.89. The Morgan fingerprint density at radius 2 is 2.03 bits per heavy atom. The highest BCUT2D eigenvalue weighted by molar-refractivity contribution is 14.1. The van der Waals surface area contributed by atoms with Gasteiger partial charge in [-0.2, -0.15) is 5.26 Å². The molecule has 4 aromatic rings. The monoisotopic (exact) mass is 540 g/mol. The number of aromatic nitrogens is 2. The van der Waals surface area contributed by atoms with Crippen LogP contribution in [-0.2, 0) is 11.3 Å². The number of ether oxygens (including phenoxy) is 1. The number of carbonyl (C=O) groups is 1. The second-order valence-corrected chi connectivity index (χ2v) is 8.23. The number of halogens is 2. The molecule has 0 aliphatic carbocycles. The Kier molecular flexibility index (Phi) is 6.37. The minimum atomic E-state index is -0.522. The molecule has 0 spiro atoms. The normalized spacial score (nSPS) is 10.7. The minimum Gasteiger partial charge on any atom is -0.461 e. The van der Waals surface area contributed by atoms with E-state index in [1.54, 1.807) is 49.6 Å². The quantitative estimate of drug-likeness (QED) is 0.254. The third-order valence-corrected chi connectivity index (χ3v) is 5.62. The van der Waals surface area contributed by atoms with Gasteiger partial charge >= 0.3 is 5.97 Å². The first-order chi connectivity index (χ1) is 15.5. The number of nitrogens with zero attached hydrogens (tertiary/aromatic N) is 3. The van der Waals surface area contributed by atoms with Crippen molar-refractivity contribution in [3.63, 3.8) is 0 Å². The fourth-order valence-electron chi connectivity index (χ4n) is 3.49. The second kappa shape index (κ2) is 9.36. The topological polar surface area (TPSA) is 79.9 Å². The van der Waals surface area contributed by atoms with Crippen molar-refractivity contribution < 1.29 is 13.9 Å². The number of nitrogens with one attached hydrogen (secondary N) is 1. The molecule has 0 amide bonds. The Morgan fingerprint density at radius 3 is 2.72 bits per heavy atom. The van der Waals surface area contributed by atoms with Gasteiger partial charge in [-0.1, -0.05) is 12.1 Å². The summed E-state index contributed by atoms with van der Waals surface area (Å²) in [6, 6.07) is 15.9. The molecule has 0 aliphatic heterocycles. The summed E-state index contributed by atoms with van der Waals surface area (Å²) in [5.74, 6) is -0.950. The summed E-state index contributed by atoms with van der Waals surface area (Å²) in [6.07, 6.45) is 3.28. The first-order valence-corrected chi connectivity index (χ1v) is 10.9. The summed E-state index contributed by atoms with van der Waals surface area (Å²) in [7, 11) is 0. The van der Waals surface area contributed by atoms with Crippen LogP contribution in [0.15, 0.2) is 60.9 Å². The Labute approximate surface area is 197 Å². The average Bonchev–Trinajstić information content (AvgIpc) is 3.09. The molecular formula is C24H18FIN4O2. The summed E-state index contributed by atoms with van der Waals surface area (Å²) < 4.78 is 22.5. The van der Waals surface area contributed by atoms with Gasteiger partial charge in [-0.15, -0.1) is 0 Å². The summed E-state index contributed by atoms with van der Waals surface area (Å²) in [6.45, 7) is 2.29. The molecule has 0 saturated carbocycles. The van der Waals surface area contributed by atoms with Gasteiger partial charge in [-0.25, -0.2) is 9.18 Å². The Morgan fingerprint density at radius 1 is 1.25 bits per heavy atom. The molecule has 6 nitrogen and oxygen atoms in total. The zero-order chi connectivity index (χ0) is 22.7. The number of hydrogen-bond acceptors (Lipinski definition) is 5. The molecule has 160 valence electrons. The van der Waals surface area contributed by atoms with Gasteiger partial charge in [-0.05, 0) is 71.5 Å². The zero-order valence-corrected chi connectivity index (χ0v) is 19.3. The van der Waals surface area contributed by atoms with E-state index in [0.29, 0.717) is 23.2 Å². The van der Waals surface area contributed by atoms with Crippen LogP contribution in [0.3, 0.4) is 0 Å². The fourth-order valence-corrected chi connectivity index (χ4v) is 3.95. The van der Waals surface area contributed by atoms with Gasteiger partial charge in [0.25, 0.3) is 0 Å². The maximum absolute atomic E-state index is 14.6. The van der Waals surface area contributed by atoms with E-state index in [4.69, 9.17) is 10.00 Å². The van der Waals surface area contributed by atoms with Crippen molar-refractivity contribution >= 4 is 50.8 Å². The lowest BCUT2D eigenvalue weighted by Gasteiger charge is -2.13. The van der Waals surface area contributed by atoms with E-state index in [1.807, 2.05) is 39.3 Å². The lowest BCUT2D eigenvalue weighted by molar-refractivity contribution is 0.0516. The second-order valence-electron chi connectivity index (χ2n) is 6.98. The summed E-state index contributed by atoms with van der Waals surface area (Å²) in [5, 5.41) is 12.8. The molecule has 2 aromatic heterocycles. The maximum atomic E-state index is 14.6. The van der Waals surface area contributed by atoms with Crippen molar-refractivity contribution in [3.05, 3.63) is 87.1 Å². The first kappa shape index (κ1) is 21.8. The van der Waals surface area contributed by atoms with Gasteiger partial charge in [0.05, 0.1) is 35.1 Å². The molecule has 32 heavy (non-hydrogen) atoms. The maximum Gasteiger partial charge on any atom is 0.357 e. The average molecular weight is 540 g/mol. The third-order valence-electron chi connectivity index (χ3n) is 4.95. The fraction of sp³-hybridized carbons (Fsp3) is 0.125. The molecule has 4 rings (SSSR count). The SMILES string of the molecule is CCOC(=O)c1c(Nc2ccc(I)cc2F)c2cnccc2n1Cc1ccc(C#N)cc1. The van der Waals surface area contributed by atoms with Crippen molar-refractivity contribution in [2.45, 2.75) is 13.5 Å². The molecule has 2 heterocycles. The van der Waals surface area contributed by atoms with E-state index >= 15 is 0 Å². The molecule has 0 bridgehead atoms. The number of pyridine rings is 1. The number of fused-ring (bicyclic) bond motifs is 1. The predicted molar refractivity (Wildman–Crippen MR) is 128 cm³/mol. The summed E-state index contributed by atoms with van der Waals surface area (Å²) in [4.78, 5) is 17.2. The van der Waals surface area contributed by atoms with Crippen LogP contribution >= 0.6 is 22.6 Å². The summed E-state index contributed by atoms with van der Waals surface area (Å²) in [5.41, 5.74) is 3.16. The number of benzene rings is 2. The van der Waals surface area contributed by atoms with Gasteiger partial charge in [0.1, 0.15) is 5.82 Å². The molecule has 1 N–H and O–H groups in total. The Hall–Kier alpha value is -3.45. The van der Waals surface area contributed by atoms with E-state index in [9.17, 15) is 9.18 Å². The molecule has 0 fully saturated rings. The molecule has 8 heteroatoms. The predicted octanol–water partition coefficient (Wildman–Crippen LogP) is 5.62. The van der Waals surface area contributed by atoms with E-state index in [1.165, 1.54) is 6.07 Å². The molecular weight excluding hydrogens is 522 g/mol. The molecule has 0 unspecified atom stereocenters. The number of esters is 1. The molecule has 2 aromatic carbocycles. The van der Waals surface area contributed by atoms with E-state index in [-0.39, 0.29) is 18.0 Å². The van der Waals surface area contributed by atoms with Crippen molar-refractivity contribution in [3.8, 4) is 6.07 Å². The van der Waals surface area contributed by atoms with Gasteiger partial charge in [0.15, 0.2) is 5.69 Å². The van der Waals surface area contributed by atoms with Crippen LogP contribution in [0.4, 0.5) is 15.8 Å². The highest BCUT2D eigenvalue weighted by atomic mass is 127. The van der Waals surface area contributed by atoms with E-state index in [2.05, 4.69) is 16.4 Å². The van der Waals surface area contributed by atoms with Crippen LogP contribution in [-0.4, -0.2) is 22.1 Å². The largest absolute Gasteiger partial charge is 0.461 e. The standard InChI is InChI=1S/C24H18FIN4O2/c1-2-32-24(31)23-22(29-20-8-7-17(26)11-19(20)25)18-13-28-10-9-21(18)30(23)14-16-5-3-15(12-27)4-6-16/h3-11,13,29H,2,14H2,1H3. The van der Waals surface area contributed by atoms with Crippen molar-refractivity contribution in [1.29, 1.82) is 5.26 Å². The summed E-state index contributed by atoms with van der Waals surface area (Å²) >= 11 is 2.04. The highest BCUT2D eigenvalue weighted by Crippen LogP contribution is 2.35. The molecule has 0 saturated heterocycles. The number of rotatable bonds is 6. The molecule has 0 radical (unpaired) electrons. The van der Waals surface area contributed by atoms with Gasteiger partial charge in [-0.3, -0.25) is 4.98 Å².